The summed E-state index contributed by atoms with van der Waals surface area (Å²) in [6.45, 7) is 3.44. The Morgan fingerprint density at radius 2 is 1.63 bits per heavy atom. The number of nitrogens with one attached hydrogen (secondary N) is 1. The Morgan fingerprint density at radius 1 is 1.05 bits per heavy atom. The van der Waals surface area contributed by atoms with E-state index in [-0.39, 0.29) is 11.8 Å². The fourth-order valence-electron chi connectivity index (χ4n) is 2.90. The summed E-state index contributed by atoms with van der Waals surface area (Å²) in [5.74, 6) is -1.83. The van der Waals surface area contributed by atoms with Crippen LogP contribution in [0, 0.1) is 11.8 Å². The minimum atomic E-state index is -0.835. The van der Waals surface area contributed by atoms with E-state index in [0.29, 0.717) is 12.8 Å². The number of piperazine rings is 1. The molecule has 0 aromatic rings. The summed E-state index contributed by atoms with van der Waals surface area (Å²) in [6.07, 6.45) is 3.17. The average Bonchev–Trinajstić information content (AvgIpc) is 2.41. The molecule has 0 spiro atoms. The van der Waals surface area contributed by atoms with Gasteiger partial charge in [0.25, 0.3) is 0 Å². The Kier molecular flexibility index (Phi) is 4.76. The maximum atomic E-state index is 12.2. The van der Waals surface area contributed by atoms with E-state index in [9.17, 15) is 14.7 Å². The van der Waals surface area contributed by atoms with Crippen molar-refractivity contribution in [3.8, 4) is 0 Å². The molecule has 2 atom stereocenters. The summed E-state index contributed by atoms with van der Waals surface area (Å²) < 4.78 is 0. The lowest BCUT2D eigenvalue weighted by molar-refractivity contribution is -0.150. The third kappa shape index (κ3) is 3.67. The van der Waals surface area contributed by atoms with Gasteiger partial charge in [0.1, 0.15) is 0 Å². The van der Waals surface area contributed by atoms with Gasteiger partial charge in [-0.15, -0.1) is 0 Å². The van der Waals surface area contributed by atoms with Crippen molar-refractivity contribution in [1.29, 1.82) is 0 Å². The molecule has 0 unspecified atom stereocenters. The highest BCUT2D eigenvalue weighted by Crippen LogP contribution is 2.30. The van der Waals surface area contributed by atoms with Crippen LogP contribution in [0.1, 0.15) is 25.7 Å². The van der Waals surface area contributed by atoms with Crippen LogP contribution in [0.3, 0.4) is 0 Å². The Balaban J connectivity index is 1.89. The fraction of sp³-hybridized carbons (Fsp3) is 0.846. The molecule has 0 aromatic carbocycles. The van der Waals surface area contributed by atoms with E-state index in [0.717, 1.165) is 39.0 Å². The number of carboxylic acids is 1. The van der Waals surface area contributed by atoms with Crippen molar-refractivity contribution in [3.05, 3.63) is 0 Å². The first-order chi connectivity index (χ1) is 9.08. The summed E-state index contributed by atoms with van der Waals surface area (Å²) in [5.41, 5.74) is 2.90. The second-order valence-electron chi connectivity index (χ2n) is 5.60. The van der Waals surface area contributed by atoms with Crippen LogP contribution in [0.5, 0.6) is 0 Å². The van der Waals surface area contributed by atoms with Gasteiger partial charge < -0.3 is 10.0 Å². The molecule has 1 saturated heterocycles. The van der Waals surface area contributed by atoms with Crippen molar-refractivity contribution >= 4 is 11.9 Å². The maximum Gasteiger partial charge on any atom is 0.307 e. The van der Waals surface area contributed by atoms with Crippen molar-refractivity contribution in [2.24, 2.45) is 11.8 Å². The standard InChI is InChI=1S/C13H23N3O3/c1-15-6-8-16(9-7-15)14-12(17)10-4-2-3-5-11(10)13(18)19/h10-11H,2-9H2,1H3,(H,14,17)(H,18,19)/t10-,11-/m0/s1. The van der Waals surface area contributed by atoms with Crippen LogP contribution in [0.4, 0.5) is 0 Å². The summed E-state index contributed by atoms with van der Waals surface area (Å²) >= 11 is 0. The largest absolute Gasteiger partial charge is 0.481 e. The number of likely N-dealkylation sites (N-methyl/N-ethyl adjacent to an activating group) is 1. The highest BCUT2D eigenvalue weighted by Gasteiger charge is 2.36. The summed E-state index contributed by atoms with van der Waals surface area (Å²) in [7, 11) is 2.06. The van der Waals surface area contributed by atoms with Gasteiger partial charge in [0.15, 0.2) is 0 Å². The number of aliphatic carboxylic acids is 1. The lowest BCUT2D eigenvalue weighted by Crippen LogP contribution is -2.54. The van der Waals surface area contributed by atoms with Gasteiger partial charge in [0.05, 0.1) is 11.8 Å². The normalized spacial score (nSPS) is 29.9. The van der Waals surface area contributed by atoms with Crippen LogP contribution < -0.4 is 5.43 Å². The van der Waals surface area contributed by atoms with Crippen LogP contribution >= 0.6 is 0 Å². The molecular formula is C13H23N3O3. The fourth-order valence-corrected chi connectivity index (χ4v) is 2.90. The summed E-state index contributed by atoms with van der Waals surface area (Å²) in [6, 6.07) is 0. The molecular weight excluding hydrogens is 246 g/mol. The Hall–Kier alpha value is -1.14. The summed E-state index contributed by atoms with van der Waals surface area (Å²) in [4.78, 5) is 25.6. The number of hydrazine groups is 1. The molecule has 2 N–H and O–H groups in total. The number of amides is 1. The van der Waals surface area contributed by atoms with Crippen LogP contribution in [0.15, 0.2) is 0 Å². The first-order valence-electron chi connectivity index (χ1n) is 7.04. The van der Waals surface area contributed by atoms with Gasteiger partial charge in [-0.05, 0) is 19.9 Å². The Morgan fingerprint density at radius 3 is 2.21 bits per heavy atom. The molecule has 19 heavy (non-hydrogen) atoms. The number of carboxylic acid groups (broad SMARTS) is 1. The van der Waals surface area contributed by atoms with E-state index >= 15 is 0 Å². The van der Waals surface area contributed by atoms with Crippen molar-refractivity contribution in [2.75, 3.05) is 33.2 Å². The molecule has 2 fully saturated rings. The molecule has 2 rings (SSSR count). The highest BCUT2D eigenvalue weighted by molar-refractivity contribution is 5.84. The van der Waals surface area contributed by atoms with E-state index < -0.39 is 11.9 Å². The smallest absolute Gasteiger partial charge is 0.307 e. The van der Waals surface area contributed by atoms with Crippen LogP contribution in [-0.2, 0) is 9.59 Å². The zero-order valence-electron chi connectivity index (χ0n) is 11.5. The number of hydrogen-bond acceptors (Lipinski definition) is 4. The van der Waals surface area contributed by atoms with E-state index in [2.05, 4.69) is 17.4 Å². The number of carbonyl (C=O) groups is 2. The van der Waals surface area contributed by atoms with E-state index in [1.54, 1.807) is 0 Å². The average molecular weight is 269 g/mol. The molecule has 1 saturated carbocycles. The van der Waals surface area contributed by atoms with Crippen LogP contribution in [-0.4, -0.2) is 60.1 Å². The predicted octanol–water partition coefficient (Wildman–Crippen LogP) is 0.156. The van der Waals surface area contributed by atoms with Gasteiger partial charge in [0, 0.05) is 26.2 Å². The van der Waals surface area contributed by atoms with Gasteiger partial charge in [-0.3, -0.25) is 15.0 Å². The van der Waals surface area contributed by atoms with Crippen molar-refractivity contribution < 1.29 is 14.7 Å². The zero-order valence-corrected chi connectivity index (χ0v) is 11.5. The molecule has 1 aliphatic heterocycles. The lowest BCUT2D eigenvalue weighted by atomic mass is 9.79. The SMILES string of the molecule is CN1CCN(NC(=O)[C@H]2CCCC[C@@H]2C(=O)O)CC1. The second kappa shape index (κ2) is 6.34. The zero-order chi connectivity index (χ0) is 13.8. The third-order valence-corrected chi connectivity index (χ3v) is 4.19. The van der Waals surface area contributed by atoms with Crippen molar-refractivity contribution in [2.45, 2.75) is 25.7 Å². The second-order valence-corrected chi connectivity index (χ2v) is 5.60. The Labute approximate surface area is 113 Å². The van der Waals surface area contributed by atoms with E-state index in [1.807, 2.05) is 5.01 Å². The minimum absolute atomic E-state index is 0.114. The molecule has 1 aliphatic carbocycles. The van der Waals surface area contributed by atoms with Crippen LogP contribution in [0.25, 0.3) is 0 Å². The molecule has 0 aromatic heterocycles. The van der Waals surface area contributed by atoms with Crippen molar-refractivity contribution in [3.63, 3.8) is 0 Å². The van der Waals surface area contributed by atoms with Gasteiger partial charge in [-0.1, -0.05) is 12.8 Å². The molecule has 0 radical (unpaired) electrons. The van der Waals surface area contributed by atoms with Crippen molar-refractivity contribution in [1.82, 2.24) is 15.3 Å². The molecule has 1 amide bonds. The lowest BCUT2D eigenvalue weighted by Gasteiger charge is -2.35. The molecule has 1 heterocycles. The van der Waals surface area contributed by atoms with Gasteiger partial charge >= 0.3 is 5.97 Å². The number of rotatable bonds is 3. The monoisotopic (exact) mass is 269 g/mol. The van der Waals surface area contributed by atoms with Gasteiger partial charge in [0.2, 0.25) is 5.91 Å². The van der Waals surface area contributed by atoms with Gasteiger partial charge in [-0.2, -0.15) is 0 Å². The summed E-state index contributed by atoms with van der Waals surface area (Å²) in [5, 5.41) is 11.1. The molecule has 6 nitrogen and oxygen atoms in total. The quantitative estimate of drug-likeness (QED) is 0.763. The number of carbonyl (C=O) groups excluding carboxylic acids is 1. The Bertz CT molecular complexity index is 340. The molecule has 108 valence electrons. The van der Waals surface area contributed by atoms with Crippen LogP contribution in [0.2, 0.25) is 0 Å². The maximum absolute atomic E-state index is 12.2. The first-order valence-corrected chi connectivity index (χ1v) is 7.04. The minimum Gasteiger partial charge on any atom is -0.481 e. The highest BCUT2D eigenvalue weighted by atomic mass is 16.4. The number of nitrogens with zero attached hydrogens (tertiary/aromatic N) is 2. The molecule has 0 bridgehead atoms. The van der Waals surface area contributed by atoms with Gasteiger partial charge in [-0.25, -0.2) is 5.01 Å². The first kappa shape index (κ1) is 14.3. The third-order valence-electron chi connectivity index (χ3n) is 4.19. The predicted molar refractivity (Wildman–Crippen MR) is 70.3 cm³/mol. The van der Waals surface area contributed by atoms with E-state index in [4.69, 9.17) is 0 Å². The topological polar surface area (TPSA) is 72.9 Å². The molecule has 2 aliphatic rings. The number of hydrogen-bond donors (Lipinski definition) is 2. The molecule has 6 heteroatoms. The van der Waals surface area contributed by atoms with E-state index in [1.165, 1.54) is 0 Å².